The van der Waals surface area contributed by atoms with Crippen molar-refractivity contribution in [3.8, 4) is 5.75 Å². The smallest absolute Gasteiger partial charge is 0.141 e. The Bertz CT molecular complexity index is 633. The average molecular weight is 346 g/mol. The first-order valence-electron chi connectivity index (χ1n) is 6.71. The molecule has 0 aromatic heterocycles. The van der Waals surface area contributed by atoms with Gasteiger partial charge in [-0.05, 0) is 42.0 Å². The van der Waals surface area contributed by atoms with Crippen LogP contribution in [0.5, 0.6) is 5.75 Å². The Morgan fingerprint density at radius 1 is 1.09 bits per heavy atom. The molecule has 1 heterocycles. The first-order valence-corrected chi connectivity index (χ1v) is 7.09. The minimum atomic E-state index is -0.451. The zero-order chi connectivity index (χ0) is 14.8. The molecule has 22 heavy (non-hydrogen) atoms. The van der Waals surface area contributed by atoms with Crippen LogP contribution in [-0.4, -0.2) is 13.1 Å². The van der Waals surface area contributed by atoms with E-state index in [1.807, 2.05) is 0 Å². The van der Waals surface area contributed by atoms with Crippen molar-refractivity contribution in [3.63, 3.8) is 0 Å². The lowest BCUT2D eigenvalue weighted by molar-refractivity contribution is 0.0992. The molecule has 2 aromatic carbocycles. The van der Waals surface area contributed by atoms with Crippen LogP contribution in [0.4, 0.5) is 8.78 Å². The van der Waals surface area contributed by atoms with Crippen LogP contribution in [0, 0.1) is 17.6 Å². The third-order valence-electron chi connectivity index (χ3n) is 3.59. The van der Waals surface area contributed by atoms with Gasteiger partial charge in [0.2, 0.25) is 0 Å². The van der Waals surface area contributed by atoms with Crippen molar-refractivity contribution < 1.29 is 13.5 Å². The molecule has 2 aromatic rings. The van der Waals surface area contributed by atoms with E-state index >= 15 is 0 Å². The van der Waals surface area contributed by atoms with Crippen molar-refractivity contribution >= 4 is 24.0 Å². The second-order valence-corrected chi connectivity index (χ2v) is 5.49. The Morgan fingerprint density at radius 3 is 2.32 bits per heavy atom. The number of ether oxygens (including phenoxy) is 1. The van der Waals surface area contributed by atoms with Crippen molar-refractivity contribution in [3.05, 3.63) is 64.7 Å². The van der Waals surface area contributed by atoms with Crippen LogP contribution in [0.3, 0.4) is 0 Å². The van der Waals surface area contributed by atoms with Gasteiger partial charge in [-0.3, -0.25) is 0 Å². The highest BCUT2D eigenvalue weighted by Gasteiger charge is 2.30. The summed E-state index contributed by atoms with van der Waals surface area (Å²) in [6.07, 6.45) is -0.241. The lowest BCUT2D eigenvalue weighted by Crippen LogP contribution is -2.46. The number of benzene rings is 2. The van der Waals surface area contributed by atoms with Crippen molar-refractivity contribution in [2.45, 2.75) is 6.10 Å². The van der Waals surface area contributed by atoms with Gasteiger partial charge in [0.25, 0.3) is 0 Å². The molecule has 0 bridgehead atoms. The third kappa shape index (κ3) is 3.69. The Labute approximate surface area is 138 Å². The third-order valence-corrected chi connectivity index (χ3v) is 3.88. The fourth-order valence-corrected chi connectivity index (χ4v) is 2.50. The second-order valence-electron chi connectivity index (χ2n) is 5.08. The molecule has 3 rings (SSSR count). The molecule has 1 aliphatic heterocycles. The molecule has 0 saturated carbocycles. The van der Waals surface area contributed by atoms with Gasteiger partial charge in [0.1, 0.15) is 23.5 Å². The summed E-state index contributed by atoms with van der Waals surface area (Å²) in [7, 11) is 0. The summed E-state index contributed by atoms with van der Waals surface area (Å²) in [5, 5.41) is 3.26. The minimum Gasteiger partial charge on any atom is -0.485 e. The fraction of sp³-hybridized carbons (Fsp3) is 0.250. The molecule has 118 valence electrons. The normalized spacial score (nSPS) is 15.6. The summed E-state index contributed by atoms with van der Waals surface area (Å²) in [6, 6.07) is 10.5. The van der Waals surface area contributed by atoms with Gasteiger partial charge in [0.05, 0.1) is 5.02 Å². The Balaban J connectivity index is 0.00000176. The summed E-state index contributed by atoms with van der Waals surface area (Å²) in [5.74, 6) is 0.0899. The number of hydrogen-bond donors (Lipinski definition) is 1. The Hall–Kier alpha value is -1.36. The van der Waals surface area contributed by atoms with Gasteiger partial charge in [0, 0.05) is 19.0 Å². The van der Waals surface area contributed by atoms with Gasteiger partial charge in [-0.1, -0.05) is 17.7 Å². The molecule has 1 atom stereocenters. The number of halogens is 4. The van der Waals surface area contributed by atoms with Crippen LogP contribution in [0.1, 0.15) is 11.7 Å². The van der Waals surface area contributed by atoms with E-state index < -0.39 is 5.82 Å². The summed E-state index contributed by atoms with van der Waals surface area (Å²) in [5.41, 5.74) is 0.817. The van der Waals surface area contributed by atoms with Gasteiger partial charge >= 0.3 is 0 Å². The van der Waals surface area contributed by atoms with E-state index in [2.05, 4.69) is 5.32 Å². The van der Waals surface area contributed by atoms with E-state index in [9.17, 15) is 8.78 Å². The number of hydrogen-bond acceptors (Lipinski definition) is 2. The molecule has 6 heteroatoms. The second kappa shape index (κ2) is 7.27. The van der Waals surface area contributed by atoms with Crippen LogP contribution >= 0.6 is 24.0 Å². The molecule has 0 spiro atoms. The predicted octanol–water partition coefficient (Wildman–Crippen LogP) is 4.38. The topological polar surface area (TPSA) is 21.3 Å². The molecule has 1 aliphatic rings. The molecule has 2 nitrogen and oxygen atoms in total. The van der Waals surface area contributed by atoms with Crippen molar-refractivity contribution in [1.82, 2.24) is 5.32 Å². The largest absolute Gasteiger partial charge is 0.485 e. The van der Waals surface area contributed by atoms with Gasteiger partial charge in [0.15, 0.2) is 0 Å². The molecule has 0 amide bonds. The monoisotopic (exact) mass is 345 g/mol. The van der Waals surface area contributed by atoms with Gasteiger partial charge < -0.3 is 10.1 Å². The van der Waals surface area contributed by atoms with E-state index in [0.717, 1.165) is 18.7 Å². The molecule has 0 radical (unpaired) electrons. The zero-order valence-electron chi connectivity index (χ0n) is 11.6. The maximum absolute atomic E-state index is 13.3. The van der Waals surface area contributed by atoms with Crippen LogP contribution in [-0.2, 0) is 0 Å². The fourth-order valence-electron chi connectivity index (χ4n) is 2.31. The van der Waals surface area contributed by atoms with Crippen LogP contribution < -0.4 is 10.1 Å². The van der Waals surface area contributed by atoms with E-state index in [-0.39, 0.29) is 35.3 Å². The lowest BCUT2D eigenvalue weighted by atomic mass is 9.91. The van der Waals surface area contributed by atoms with Crippen LogP contribution in [0.2, 0.25) is 5.02 Å². The maximum Gasteiger partial charge on any atom is 0.141 e. The van der Waals surface area contributed by atoms with E-state index in [1.165, 1.54) is 18.2 Å². The molecule has 1 fully saturated rings. The minimum absolute atomic E-state index is 0. The quantitative estimate of drug-likeness (QED) is 0.887. The highest BCUT2D eigenvalue weighted by Crippen LogP contribution is 2.32. The van der Waals surface area contributed by atoms with Crippen LogP contribution in [0.15, 0.2) is 42.5 Å². The average Bonchev–Trinajstić information content (AvgIpc) is 2.41. The zero-order valence-corrected chi connectivity index (χ0v) is 13.1. The van der Waals surface area contributed by atoms with Gasteiger partial charge in [-0.15, -0.1) is 12.4 Å². The molecule has 1 N–H and O–H groups in total. The highest BCUT2D eigenvalue weighted by atomic mass is 35.5. The van der Waals surface area contributed by atoms with E-state index in [1.54, 1.807) is 24.3 Å². The summed E-state index contributed by atoms with van der Waals surface area (Å²) in [6.45, 7) is 1.64. The highest BCUT2D eigenvalue weighted by molar-refractivity contribution is 6.30. The van der Waals surface area contributed by atoms with Crippen molar-refractivity contribution in [1.29, 1.82) is 0 Å². The van der Waals surface area contributed by atoms with E-state index in [4.69, 9.17) is 16.3 Å². The molecular weight excluding hydrogens is 331 g/mol. The molecular formula is C16H15Cl2F2NO. The molecule has 1 saturated heterocycles. The van der Waals surface area contributed by atoms with Crippen molar-refractivity contribution in [2.75, 3.05) is 13.1 Å². The standard InChI is InChI=1S/C16H14ClF2NO.ClH/c17-14-7-10(1-6-15(14)19)16(11-8-20-9-11)21-13-4-2-12(18)3-5-13;/h1-7,11,16,20H,8-9H2;1H. The molecule has 0 aliphatic carbocycles. The van der Waals surface area contributed by atoms with Gasteiger partial charge in [-0.25, -0.2) is 8.78 Å². The summed E-state index contributed by atoms with van der Waals surface area (Å²) in [4.78, 5) is 0. The molecule has 1 unspecified atom stereocenters. The lowest BCUT2D eigenvalue weighted by Gasteiger charge is -2.35. The van der Waals surface area contributed by atoms with E-state index in [0.29, 0.717) is 5.75 Å². The maximum atomic E-state index is 13.3. The Kier molecular flexibility index (Phi) is 5.62. The number of rotatable bonds is 4. The first-order chi connectivity index (χ1) is 10.1. The number of nitrogens with one attached hydrogen (secondary N) is 1. The van der Waals surface area contributed by atoms with Crippen LogP contribution in [0.25, 0.3) is 0 Å². The summed E-state index contributed by atoms with van der Waals surface area (Å²) < 4.78 is 32.2. The SMILES string of the molecule is Cl.Fc1ccc(OC(c2ccc(F)c(Cl)c2)C2CNC2)cc1. The Morgan fingerprint density at radius 2 is 1.77 bits per heavy atom. The summed E-state index contributed by atoms with van der Waals surface area (Å²) >= 11 is 5.85. The first kappa shape index (κ1) is 17.0. The predicted molar refractivity (Wildman–Crippen MR) is 84.8 cm³/mol. The van der Waals surface area contributed by atoms with Crippen molar-refractivity contribution in [2.24, 2.45) is 5.92 Å². The van der Waals surface area contributed by atoms with Gasteiger partial charge in [-0.2, -0.15) is 0 Å².